The summed E-state index contributed by atoms with van der Waals surface area (Å²) in [6.45, 7) is 6.53. The van der Waals surface area contributed by atoms with Gasteiger partial charge in [-0.3, -0.25) is 0 Å². The van der Waals surface area contributed by atoms with Gasteiger partial charge < -0.3 is 10.1 Å². The number of rotatable bonds is 3. The highest BCUT2D eigenvalue weighted by Gasteiger charge is 2.28. The van der Waals surface area contributed by atoms with Gasteiger partial charge >= 0.3 is 0 Å². The van der Waals surface area contributed by atoms with Crippen molar-refractivity contribution in [2.24, 2.45) is 11.8 Å². The molecule has 2 aliphatic rings. The van der Waals surface area contributed by atoms with Gasteiger partial charge in [0.15, 0.2) is 0 Å². The van der Waals surface area contributed by atoms with Gasteiger partial charge in [0.2, 0.25) is 0 Å². The third-order valence-corrected chi connectivity index (χ3v) is 3.97. The highest BCUT2D eigenvalue weighted by Crippen LogP contribution is 2.30. The van der Waals surface area contributed by atoms with Gasteiger partial charge in [0.05, 0.1) is 6.61 Å². The lowest BCUT2D eigenvalue weighted by atomic mass is 9.79. The Hall–Kier alpha value is -0.0800. The Bertz CT molecular complexity index is 179. The highest BCUT2D eigenvalue weighted by atomic mass is 16.5. The molecule has 3 atom stereocenters. The first kappa shape index (κ1) is 10.4. The van der Waals surface area contributed by atoms with Gasteiger partial charge in [-0.1, -0.05) is 13.3 Å². The maximum atomic E-state index is 5.45. The normalized spacial score (nSPS) is 36.4. The number of ether oxygens (including phenoxy) is 1. The van der Waals surface area contributed by atoms with Gasteiger partial charge in [-0.25, -0.2) is 0 Å². The van der Waals surface area contributed by atoms with Gasteiger partial charge in [0.25, 0.3) is 0 Å². The van der Waals surface area contributed by atoms with Crippen molar-refractivity contribution in [1.29, 1.82) is 0 Å². The Morgan fingerprint density at radius 2 is 2.07 bits per heavy atom. The molecule has 0 bridgehead atoms. The van der Waals surface area contributed by atoms with Crippen molar-refractivity contribution in [1.82, 2.24) is 5.32 Å². The molecule has 0 amide bonds. The molecule has 0 radical (unpaired) electrons. The van der Waals surface area contributed by atoms with E-state index in [1.807, 2.05) is 0 Å². The Morgan fingerprint density at radius 1 is 1.29 bits per heavy atom. The van der Waals surface area contributed by atoms with Crippen molar-refractivity contribution in [3.63, 3.8) is 0 Å². The summed E-state index contributed by atoms with van der Waals surface area (Å²) in [7, 11) is 0. The van der Waals surface area contributed by atoms with Crippen LogP contribution in [-0.4, -0.2) is 25.3 Å². The lowest BCUT2D eigenvalue weighted by Gasteiger charge is -2.38. The van der Waals surface area contributed by atoms with Crippen LogP contribution in [0.25, 0.3) is 0 Å². The fraction of sp³-hybridized carbons (Fsp3) is 1.00. The molecule has 1 aliphatic heterocycles. The summed E-state index contributed by atoms with van der Waals surface area (Å²) in [6.07, 6.45) is 5.51. The summed E-state index contributed by atoms with van der Waals surface area (Å²) in [5.74, 6) is 1.64. The van der Waals surface area contributed by atoms with E-state index < -0.39 is 0 Å². The third-order valence-electron chi connectivity index (χ3n) is 3.97. The molecular formula is C12H23NO. The SMILES string of the molecule is CC1COCCC1NC(C)C1CCC1. The van der Waals surface area contributed by atoms with Crippen molar-refractivity contribution in [3.8, 4) is 0 Å². The second kappa shape index (κ2) is 4.63. The van der Waals surface area contributed by atoms with Gasteiger partial charge in [0.1, 0.15) is 0 Å². The van der Waals surface area contributed by atoms with E-state index in [0.717, 1.165) is 19.1 Å². The molecule has 1 N–H and O–H groups in total. The minimum absolute atomic E-state index is 0.686. The second-order valence-electron chi connectivity index (χ2n) is 5.09. The van der Waals surface area contributed by atoms with Crippen molar-refractivity contribution < 1.29 is 4.74 Å². The Kier molecular flexibility index (Phi) is 3.45. The predicted molar refractivity (Wildman–Crippen MR) is 58.3 cm³/mol. The van der Waals surface area contributed by atoms with Crippen molar-refractivity contribution in [2.75, 3.05) is 13.2 Å². The zero-order valence-electron chi connectivity index (χ0n) is 9.46. The van der Waals surface area contributed by atoms with E-state index in [4.69, 9.17) is 4.74 Å². The zero-order valence-corrected chi connectivity index (χ0v) is 9.46. The average Bonchev–Trinajstić information content (AvgIpc) is 2.05. The minimum Gasteiger partial charge on any atom is -0.381 e. The van der Waals surface area contributed by atoms with Crippen LogP contribution in [0.15, 0.2) is 0 Å². The first-order valence-corrected chi connectivity index (χ1v) is 6.11. The van der Waals surface area contributed by atoms with Crippen molar-refractivity contribution in [3.05, 3.63) is 0 Å². The van der Waals surface area contributed by atoms with Gasteiger partial charge in [-0.05, 0) is 38.0 Å². The van der Waals surface area contributed by atoms with E-state index in [-0.39, 0.29) is 0 Å². The molecule has 2 heteroatoms. The second-order valence-corrected chi connectivity index (χ2v) is 5.09. The number of nitrogens with one attached hydrogen (secondary N) is 1. The van der Waals surface area contributed by atoms with Crippen molar-refractivity contribution >= 4 is 0 Å². The van der Waals surface area contributed by atoms with Gasteiger partial charge in [-0.2, -0.15) is 0 Å². The van der Waals surface area contributed by atoms with Crippen LogP contribution in [0.2, 0.25) is 0 Å². The molecule has 1 saturated carbocycles. The molecular weight excluding hydrogens is 174 g/mol. The summed E-state index contributed by atoms with van der Waals surface area (Å²) >= 11 is 0. The van der Waals surface area contributed by atoms with Gasteiger partial charge in [0, 0.05) is 18.7 Å². The molecule has 1 heterocycles. The molecule has 82 valence electrons. The lowest BCUT2D eigenvalue weighted by molar-refractivity contribution is 0.0318. The lowest BCUT2D eigenvalue weighted by Crippen LogP contribution is -2.48. The van der Waals surface area contributed by atoms with Gasteiger partial charge in [-0.15, -0.1) is 0 Å². The molecule has 2 nitrogen and oxygen atoms in total. The summed E-state index contributed by atoms with van der Waals surface area (Å²) < 4.78 is 5.45. The molecule has 0 aromatic carbocycles. The predicted octanol–water partition coefficient (Wildman–Crippen LogP) is 2.19. The van der Waals surface area contributed by atoms with Crippen LogP contribution < -0.4 is 5.32 Å². The van der Waals surface area contributed by atoms with E-state index in [1.54, 1.807) is 0 Å². The summed E-state index contributed by atoms with van der Waals surface area (Å²) in [6, 6.07) is 1.41. The van der Waals surface area contributed by atoms with Crippen LogP contribution >= 0.6 is 0 Å². The Balaban J connectivity index is 1.76. The van der Waals surface area contributed by atoms with Crippen LogP contribution in [0.4, 0.5) is 0 Å². The molecule has 14 heavy (non-hydrogen) atoms. The quantitative estimate of drug-likeness (QED) is 0.749. The van der Waals surface area contributed by atoms with E-state index in [1.165, 1.54) is 25.7 Å². The molecule has 0 aromatic heterocycles. The zero-order chi connectivity index (χ0) is 9.97. The fourth-order valence-corrected chi connectivity index (χ4v) is 2.54. The van der Waals surface area contributed by atoms with E-state index >= 15 is 0 Å². The highest BCUT2D eigenvalue weighted by molar-refractivity contribution is 4.85. The molecule has 0 spiro atoms. The summed E-state index contributed by atoms with van der Waals surface area (Å²) in [4.78, 5) is 0. The minimum atomic E-state index is 0.686. The first-order chi connectivity index (χ1) is 6.77. The molecule has 1 saturated heterocycles. The molecule has 3 unspecified atom stereocenters. The van der Waals surface area contributed by atoms with E-state index in [9.17, 15) is 0 Å². The Labute approximate surface area is 87.4 Å². The number of hydrogen-bond acceptors (Lipinski definition) is 2. The smallest absolute Gasteiger partial charge is 0.0506 e. The van der Waals surface area contributed by atoms with Crippen LogP contribution in [0.3, 0.4) is 0 Å². The maximum Gasteiger partial charge on any atom is 0.0506 e. The van der Waals surface area contributed by atoms with Crippen LogP contribution in [0.5, 0.6) is 0 Å². The first-order valence-electron chi connectivity index (χ1n) is 6.11. The largest absolute Gasteiger partial charge is 0.381 e. The molecule has 0 aromatic rings. The van der Waals surface area contributed by atoms with Crippen LogP contribution in [-0.2, 0) is 4.74 Å². The van der Waals surface area contributed by atoms with Crippen LogP contribution in [0, 0.1) is 11.8 Å². The maximum absolute atomic E-state index is 5.45. The summed E-state index contributed by atoms with van der Waals surface area (Å²) in [5, 5.41) is 3.79. The fourth-order valence-electron chi connectivity index (χ4n) is 2.54. The third kappa shape index (κ3) is 2.29. The topological polar surface area (TPSA) is 21.3 Å². The van der Waals surface area contributed by atoms with Crippen molar-refractivity contribution in [2.45, 2.75) is 51.6 Å². The van der Waals surface area contributed by atoms with Crippen LogP contribution in [0.1, 0.15) is 39.5 Å². The standard InChI is InChI=1S/C12H23NO/c1-9-8-14-7-6-12(9)13-10(2)11-4-3-5-11/h9-13H,3-8H2,1-2H3. The molecule has 2 rings (SSSR count). The molecule has 2 fully saturated rings. The van der Waals surface area contributed by atoms with E-state index in [2.05, 4.69) is 19.2 Å². The van der Waals surface area contributed by atoms with E-state index in [0.29, 0.717) is 18.0 Å². The average molecular weight is 197 g/mol. The molecule has 1 aliphatic carbocycles. The number of hydrogen-bond donors (Lipinski definition) is 1. The summed E-state index contributed by atoms with van der Waals surface area (Å²) in [5.41, 5.74) is 0. The monoisotopic (exact) mass is 197 g/mol. The Morgan fingerprint density at radius 3 is 2.64 bits per heavy atom.